The number of anilines is 1. The summed E-state index contributed by atoms with van der Waals surface area (Å²) >= 11 is 0. The number of nitrogens with zero attached hydrogens (tertiary/aromatic N) is 1. The van der Waals surface area contributed by atoms with Gasteiger partial charge in [0.2, 0.25) is 16.0 Å². The molecule has 9 nitrogen and oxygen atoms in total. The molecule has 3 aliphatic heterocycles. The smallest absolute Gasteiger partial charge is 0.253 e. The van der Waals surface area contributed by atoms with E-state index in [1.54, 1.807) is 0 Å². The van der Waals surface area contributed by atoms with Gasteiger partial charge < -0.3 is 20.7 Å². The Balaban J connectivity index is 1.68. The number of guanidine groups is 1. The SMILES string of the molecule is CN1C(=N)N[C@@]2(c3cc(NC(=O)C4NC=C(F)C=C4F)ccc3F)COCC2S1(=O)=O. The van der Waals surface area contributed by atoms with Crippen molar-refractivity contribution in [2.45, 2.75) is 16.8 Å². The van der Waals surface area contributed by atoms with Gasteiger partial charge in [0, 0.05) is 30.6 Å². The number of rotatable bonds is 3. The lowest BCUT2D eigenvalue weighted by Crippen LogP contribution is -2.67. The molecule has 31 heavy (non-hydrogen) atoms. The zero-order chi connectivity index (χ0) is 22.6. The second-order valence-electron chi connectivity index (χ2n) is 7.30. The van der Waals surface area contributed by atoms with Gasteiger partial charge in [-0.1, -0.05) is 0 Å². The molecule has 13 heteroatoms. The maximum atomic E-state index is 14.8. The summed E-state index contributed by atoms with van der Waals surface area (Å²) in [6.07, 6.45) is 1.40. The lowest BCUT2D eigenvalue weighted by atomic mass is 9.87. The quantitative estimate of drug-likeness (QED) is 0.532. The molecule has 1 aromatic carbocycles. The molecule has 2 unspecified atom stereocenters. The number of hydrogen-bond donors (Lipinski definition) is 4. The first-order chi connectivity index (χ1) is 14.6. The van der Waals surface area contributed by atoms with Crippen LogP contribution < -0.4 is 16.0 Å². The highest BCUT2D eigenvalue weighted by Crippen LogP contribution is 2.41. The lowest BCUT2D eigenvalue weighted by molar-refractivity contribution is -0.117. The largest absolute Gasteiger partial charge is 0.377 e. The van der Waals surface area contributed by atoms with Gasteiger partial charge in [0.1, 0.15) is 28.3 Å². The molecule has 4 rings (SSSR count). The molecule has 1 amide bonds. The number of dihydropyridines is 1. The average Bonchev–Trinajstić information content (AvgIpc) is 3.13. The summed E-state index contributed by atoms with van der Waals surface area (Å²) in [7, 11) is -2.81. The van der Waals surface area contributed by atoms with Gasteiger partial charge in [-0.25, -0.2) is 25.9 Å². The molecule has 4 N–H and O–H groups in total. The van der Waals surface area contributed by atoms with Gasteiger partial charge in [-0.15, -0.1) is 0 Å². The Morgan fingerprint density at radius 3 is 2.81 bits per heavy atom. The van der Waals surface area contributed by atoms with Crippen LogP contribution in [0, 0.1) is 11.2 Å². The first kappa shape index (κ1) is 21.2. The fourth-order valence-corrected chi connectivity index (χ4v) is 5.52. The summed E-state index contributed by atoms with van der Waals surface area (Å²) in [5.41, 5.74) is -1.67. The van der Waals surface area contributed by atoms with Crippen molar-refractivity contribution >= 4 is 27.6 Å². The number of sulfonamides is 1. The summed E-state index contributed by atoms with van der Waals surface area (Å²) < 4.78 is 73.5. The first-order valence-corrected chi connectivity index (χ1v) is 10.6. The highest BCUT2D eigenvalue weighted by atomic mass is 32.2. The van der Waals surface area contributed by atoms with E-state index in [2.05, 4.69) is 16.0 Å². The Bertz CT molecular complexity index is 1140. The molecule has 0 radical (unpaired) electrons. The Hall–Kier alpha value is -3.06. The van der Waals surface area contributed by atoms with Crippen LogP contribution in [0.5, 0.6) is 0 Å². The van der Waals surface area contributed by atoms with E-state index in [4.69, 9.17) is 10.1 Å². The first-order valence-electron chi connectivity index (χ1n) is 9.08. The van der Waals surface area contributed by atoms with E-state index in [1.165, 1.54) is 19.2 Å². The van der Waals surface area contributed by atoms with Crippen molar-refractivity contribution < 1.29 is 31.1 Å². The van der Waals surface area contributed by atoms with Crippen molar-refractivity contribution in [1.29, 1.82) is 5.41 Å². The molecule has 3 atom stereocenters. The number of ether oxygens (including phenoxy) is 1. The highest BCUT2D eigenvalue weighted by molar-refractivity contribution is 7.90. The molecule has 2 saturated heterocycles. The van der Waals surface area contributed by atoms with Crippen molar-refractivity contribution in [3.05, 3.63) is 53.5 Å². The average molecular weight is 457 g/mol. The second-order valence-corrected chi connectivity index (χ2v) is 9.45. The minimum atomic E-state index is -4.02. The molecule has 3 aliphatic rings. The summed E-state index contributed by atoms with van der Waals surface area (Å²) in [5, 5.41) is 14.2. The molecule has 1 aromatic rings. The monoisotopic (exact) mass is 457 g/mol. The standard InChI is InChI=1S/C18H18F3N5O4S/c1-26-17(22)25-18(8-30-7-14(18)31(26,28)29)11-5-10(2-3-12(11)20)24-16(27)15-13(21)4-9(19)6-23-15/h2-6,14-15,23H,7-8H2,1H3,(H2,22,25)(H,24,27)/t14?,15?,18-/m1/s1. The van der Waals surface area contributed by atoms with Gasteiger partial charge in [-0.2, -0.15) is 0 Å². The third-order valence-electron chi connectivity index (χ3n) is 5.46. The Labute approximate surface area is 175 Å². The van der Waals surface area contributed by atoms with E-state index < -0.39 is 56.2 Å². The normalized spacial score (nSPS) is 29.3. The zero-order valence-electron chi connectivity index (χ0n) is 16.1. The fraction of sp³-hybridized carbons (Fsp3) is 0.333. The van der Waals surface area contributed by atoms with E-state index >= 15 is 0 Å². The number of allylic oxidation sites excluding steroid dienone is 2. The van der Waals surface area contributed by atoms with E-state index in [-0.39, 0.29) is 24.5 Å². The molecule has 0 bridgehead atoms. The number of halogens is 3. The Morgan fingerprint density at radius 2 is 2.10 bits per heavy atom. The lowest BCUT2D eigenvalue weighted by Gasteiger charge is -2.43. The van der Waals surface area contributed by atoms with Gasteiger partial charge in [0.05, 0.1) is 13.2 Å². The van der Waals surface area contributed by atoms with Crippen LogP contribution in [0.2, 0.25) is 0 Å². The predicted molar refractivity (Wildman–Crippen MR) is 104 cm³/mol. The van der Waals surface area contributed by atoms with E-state index in [0.29, 0.717) is 6.08 Å². The summed E-state index contributed by atoms with van der Waals surface area (Å²) in [6, 6.07) is 1.96. The Morgan fingerprint density at radius 1 is 1.35 bits per heavy atom. The van der Waals surface area contributed by atoms with Crippen LogP contribution >= 0.6 is 0 Å². The minimum absolute atomic E-state index is 0.0516. The molecule has 0 saturated carbocycles. The fourth-order valence-electron chi connectivity index (χ4n) is 3.81. The predicted octanol–water partition coefficient (Wildman–Crippen LogP) is 0.794. The van der Waals surface area contributed by atoms with Crippen LogP contribution in [-0.4, -0.2) is 56.1 Å². The van der Waals surface area contributed by atoms with Crippen molar-refractivity contribution in [1.82, 2.24) is 14.9 Å². The van der Waals surface area contributed by atoms with Crippen LogP contribution in [-0.2, 0) is 25.1 Å². The second kappa shape index (κ2) is 7.27. The topological polar surface area (TPSA) is 124 Å². The van der Waals surface area contributed by atoms with E-state index in [1.807, 2.05) is 0 Å². The third-order valence-corrected chi connectivity index (χ3v) is 7.67. The maximum Gasteiger partial charge on any atom is 0.253 e. The van der Waals surface area contributed by atoms with E-state index in [9.17, 15) is 26.4 Å². The minimum Gasteiger partial charge on any atom is -0.377 e. The summed E-state index contributed by atoms with van der Waals surface area (Å²) in [4.78, 5) is 12.4. The third kappa shape index (κ3) is 3.33. The van der Waals surface area contributed by atoms with E-state index in [0.717, 1.165) is 16.6 Å². The zero-order valence-corrected chi connectivity index (χ0v) is 16.9. The molecule has 0 aromatic heterocycles. The summed E-state index contributed by atoms with van der Waals surface area (Å²) in [6.45, 7) is -0.448. The highest BCUT2D eigenvalue weighted by Gasteiger charge is 2.59. The molecule has 3 heterocycles. The van der Waals surface area contributed by atoms with Crippen molar-refractivity contribution in [3.63, 3.8) is 0 Å². The van der Waals surface area contributed by atoms with Gasteiger partial charge in [-0.3, -0.25) is 10.2 Å². The number of hydrogen-bond acceptors (Lipinski definition) is 6. The number of fused-ring (bicyclic) bond motifs is 1. The molecule has 166 valence electrons. The van der Waals surface area contributed by atoms with Crippen molar-refractivity contribution in [3.8, 4) is 0 Å². The number of carbonyl (C=O) groups excluding carboxylic acids is 1. The van der Waals surface area contributed by atoms with Gasteiger partial charge in [0.25, 0.3) is 5.91 Å². The van der Waals surface area contributed by atoms with Crippen LogP contribution in [0.1, 0.15) is 5.56 Å². The van der Waals surface area contributed by atoms with Gasteiger partial charge in [-0.05, 0) is 18.2 Å². The molecule has 0 spiro atoms. The Kier molecular flexibility index (Phi) is 4.97. The van der Waals surface area contributed by atoms with Gasteiger partial charge in [0.15, 0.2) is 6.04 Å². The summed E-state index contributed by atoms with van der Waals surface area (Å²) in [5.74, 6) is -4.03. The van der Waals surface area contributed by atoms with Crippen LogP contribution in [0.3, 0.4) is 0 Å². The maximum absolute atomic E-state index is 14.8. The molecular weight excluding hydrogens is 439 g/mol. The number of nitrogens with one attached hydrogen (secondary N) is 4. The van der Waals surface area contributed by atoms with Gasteiger partial charge >= 0.3 is 0 Å². The van der Waals surface area contributed by atoms with Crippen LogP contribution in [0.4, 0.5) is 18.9 Å². The van der Waals surface area contributed by atoms with Crippen molar-refractivity contribution in [2.24, 2.45) is 0 Å². The molecule has 0 aliphatic carbocycles. The van der Waals surface area contributed by atoms with Crippen LogP contribution in [0.15, 0.2) is 42.1 Å². The van der Waals surface area contributed by atoms with Crippen LogP contribution in [0.25, 0.3) is 0 Å². The number of benzene rings is 1. The number of carbonyl (C=O) groups is 1. The van der Waals surface area contributed by atoms with Crippen molar-refractivity contribution in [2.75, 3.05) is 25.6 Å². The molecule has 2 fully saturated rings. The molecular formula is C18H18F3N5O4S. The number of amides is 1.